The van der Waals surface area contributed by atoms with Crippen LogP contribution in [0.5, 0.6) is 0 Å². The number of thioether (sulfide) groups is 1. The van der Waals surface area contributed by atoms with Gasteiger partial charge in [-0.25, -0.2) is 0 Å². The molecule has 20 heavy (non-hydrogen) atoms. The number of hydrogen-bond donors (Lipinski definition) is 0. The summed E-state index contributed by atoms with van der Waals surface area (Å²) in [6.07, 6.45) is 3.65. The van der Waals surface area contributed by atoms with E-state index < -0.39 is 0 Å². The summed E-state index contributed by atoms with van der Waals surface area (Å²) in [6, 6.07) is 7.36. The molecule has 0 aliphatic rings. The molecule has 0 unspecified atom stereocenters. The van der Waals surface area contributed by atoms with E-state index in [1.807, 2.05) is 19.1 Å². The Morgan fingerprint density at radius 2 is 1.80 bits per heavy atom. The Morgan fingerprint density at radius 3 is 2.40 bits per heavy atom. The average Bonchev–Trinajstić information content (AvgIpc) is 2.49. The van der Waals surface area contributed by atoms with Crippen LogP contribution < -0.4 is 0 Å². The molecule has 4 heteroatoms. The first-order valence-electron chi connectivity index (χ1n) is 7.09. The molecule has 1 aromatic rings. The van der Waals surface area contributed by atoms with Crippen LogP contribution in [0.1, 0.15) is 49.9 Å². The van der Waals surface area contributed by atoms with Gasteiger partial charge in [0.1, 0.15) is 0 Å². The Balaban J connectivity index is 2.31. The number of ketones is 1. The number of esters is 1. The quantitative estimate of drug-likeness (QED) is 0.297. The average molecular weight is 294 g/mol. The van der Waals surface area contributed by atoms with Crippen molar-refractivity contribution in [3.8, 4) is 0 Å². The molecule has 0 aliphatic heterocycles. The van der Waals surface area contributed by atoms with E-state index in [9.17, 15) is 9.59 Å². The molecule has 0 spiro atoms. The highest BCUT2D eigenvalue weighted by Gasteiger charge is 2.06. The van der Waals surface area contributed by atoms with Crippen LogP contribution in [0, 0.1) is 0 Å². The van der Waals surface area contributed by atoms with Crippen LogP contribution in [0.4, 0.5) is 0 Å². The Morgan fingerprint density at radius 1 is 1.10 bits per heavy atom. The minimum atomic E-state index is -0.181. The van der Waals surface area contributed by atoms with Gasteiger partial charge >= 0.3 is 5.97 Å². The Labute approximate surface area is 125 Å². The molecule has 1 rings (SSSR count). The Kier molecular flexibility index (Phi) is 8.04. The van der Waals surface area contributed by atoms with Gasteiger partial charge in [0.2, 0.25) is 0 Å². The summed E-state index contributed by atoms with van der Waals surface area (Å²) in [5.74, 6) is 0.268. The van der Waals surface area contributed by atoms with Gasteiger partial charge in [0.15, 0.2) is 5.78 Å². The lowest BCUT2D eigenvalue weighted by atomic mass is 10.1. The highest BCUT2D eigenvalue weighted by atomic mass is 32.2. The second-order valence-electron chi connectivity index (χ2n) is 4.52. The molecule has 0 saturated carbocycles. The molecular weight excluding hydrogens is 272 g/mol. The van der Waals surface area contributed by atoms with Crippen LogP contribution in [0.25, 0.3) is 0 Å². The van der Waals surface area contributed by atoms with E-state index in [0.717, 1.165) is 29.7 Å². The molecule has 0 N–H and O–H groups in total. The minimum absolute atomic E-state index is 0.136. The zero-order valence-corrected chi connectivity index (χ0v) is 13.0. The SMILES string of the molecule is CCCCCOC(=O)CSc1ccc(C(=O)CC)cc1. The maximum atomic E-state index is 11.5. The third-order valence-corrected chi connectivity index (χ3v) is 3.85. The van der Waals surface area contributed by atoms with Crippen molar-refractivity contribution in [2.24, 2.45) is 0 Å². The van der Waals surface area contributed by atoms with Crippen molar-refractivity contribution in [1.29, 1.82) is 0 Å². The number of unbranched alkanes of at least 4 members (excludes halogenated alkanes) is 2. The van der Waals surface area contributed by atoms with Gasteiger partial charge in [-0.2, -0.15) is 0 Å². The van der Waals surface area contributed by atoms with E-state index in [1.165, 1.54) is 11.8 Å². The molecule has 0 bridgehead atoms. The second-order valence-corrected chi connectivity index (χ2v) is 5.57. The second kappa shape index (κ2) is 9.59. The van der Waals surface area contributed by atoms with Gasteiger partial charge in [-0.15, -0.1) is 11.8 Å². The minimum Gasteiger partial charge on any atom is -0.465 e. The normalized spacial score (nSPS) is 10.3. The first-order valence-corrected chi connectivity index (χ1v) is 8.07. The Hall–Kier alpha value is -1.29. The fraction of sp³-hybridized carbons (Fsp3) is 0.500. The lowest BCUT2D eigenvalue weighted by molar-refractivity contribution is -0.140. The molecule has 0 heterocycles. The fourth-order valence-corrected chi connectivity index (χ4v) is 2.36. The van der Waals surface area contributed by atoms with Crippen molar-refractivity contribution in [2.45, 2.75) is 44.4 Å². The van der Waals surface area contributed by atoms with E-state index in [4.69, 9.17) is 4.74 Å². The maximum absolute atomic E-state index is 11.5. The van der Waals surface area contributed by atoms with Crippen molar-refractivity contribution < 1.29 is 14.3 Å². The lowest BCUT2D eigenvalue weighted by Gasteiger charge is -2.05. The number of Topliss-reactive ketones (excluding diaryl/α,β-unsaturated/α-hetero) is 1. The van der Waals surface area contributed by atoms with Crippen LogP contribution in [0.2, 0.25) is 0 Å². The molecule has 0 amide bonds. The topological polar surface area (TPSA) is 43.4 Å². The standard InChI is InChI=1S/C16H22O3S/c1-3-5-6-11-19-16(18)12-20-14-9-7-13(8-10-14)15(17)4-2/h7-10H,3-6,11-12H2,1-2H3. The van der Waals surface area contributed by atoms with Gasteiger partial charge in [0.25, 0.3) is 0 Å². The molecular formula is C16H22O3S. The predicted octanol–water partition coefficient (Wildman–Crippen LogP) is 4.10. The van der Waals surface area contributed by atoms with Gasteiger partial charge in [0, 0.05) is 16.9 Å². The van der Waals surface area contributed by atoms with Crippen LogP contribution in [0.3, 0.4) is 0 Å². The van der Waals surface area contributed by atoms with E-state index in [-0.39, 0.29) is 11.8 Å². The van der Waals surface area contributed by atoms with E-state index >= 15 is 0 Å². The third-order valence-electron chi connectivity index (χ3n) is 2.87. The van der Waals surface area contributed by atoms with Gasteiger partial charge in [0.05, 0.1) is 12.4 Å². The number of carbonyl (C=O) groups excluding carboxylic acids is 2. The van der Waals surface area contributed by atoms with E-state index in [1.54, 1.807) is 12.1 Å². The molecule has 0 fully saturated rings. The molecule has 3 nitrogen and oxygen atoms in total. The molecule has 110 valence electrons. The zero-order chi connectivity index (χ0) is 14.8. The van der Waals surface area contributed by atoms with Crippen LogP contribution >= 0.6 is 11.8 Å². The molecule has 0 radical (unpaired) electrons. The van der Waals surface area contributed by atoms with Crippen molar-refractivity contribution in [1.82, 2.24) is 0 Å². The largest absolute Gasteiger partial charge is 0.465 e. The maximum Gasteiger partial charge on any atom is 0.316 e. The van der Waals surface area contributed by atoms with Crippen LogP contribution in [0.15, 0.2) is 29.2 Å². The predicted molar refractivity (Wildman–Crippen MR) is 82.3 cm³/mol. The summed E-state index contributed by atoms with van der Waals surface area (Å²) in [7, 11) is 0. The van der Waals surface area contributed by atoms with E-state index in [0.29, 0.717) is 18.8 Å². The lowest BCUT2D eigenvalue weighted by Crippen LogP contribution is -2.08. The number of ether oxygens (including phenoxy) is 1. The monoisotopic (exact) mass is 294 g/mol. The van der Waals surface area contributed by atoms with Gasteiger partial charge in [-0.1, -0.05) is 38.8 Å². The van der Waals surface area contributed by atoms with Crippen molar-refractivity contribution in [3.63, 3.8) is 0 Å². The summed E-state index contributed by atoms with van der Waals surface area (Å²) in [4.78, 5) is 24.0. The number of benzene rings is 1. The number of carbonyl (C=O) groups is 2. The molecule has 0 saturated heterocycles. The summed E-state index contributed by atoms with van der Waals surface area (Å²) in [5, 5.41) is 0. The molecule has 0 aliphatic carbocycles. The smallest absolute Gasteiger partial charge is 0.316 e. The Bertz CT molecular complexity index is 426. The summed E-state index contributed by atoms with van der Waals surface area (Å²) in [5.41, 5.74) is 0.721. The number of hydrogen-bond acceptors (Lipinski definition) is 4. The number of rotatable bonds is 9. The third kappa shape index (κ3) is 6.24. The molecule has 0 aromatic heterocycles. The van der Waals surface area contributed by atoms with Crippen molar-refractivity contribution in [2.75, 3.05) is 12.4 Å². The summed E-state index contributed by atoms with van der Waals surface area (Å²) < 4.78 is 5.13. The van der Waals surface area contributed by atoms with E-state index in [2.05, 4.69) is 6.92 Å². The molecule has 1 aromatic carbocycles. The van der Waals surface area contributed by atoms with Crippen LogP contribution in [-0.4, -0.2) is 24.1 Å². The van der Waals surface area contributed by atoms with Crippen LogP contribution in [-0.2, 0) is 9.53 Å². The zero-order valence-electron chi connectivity index (χ0n) is 12.2. The van der Waals surface area contributed by atoms with Gasteiger partial charge in [-0.05, 0) is 18.6 Å². The first kappa shape index (κ1) is 16.8. The highest BCUT2D eigenvalue weighted by molar-refractivity contribution is 8.00. The first-order chi connectivity index (χ1) is 9.67. The highest BCUT2D eigenvalue weighted by Crippen LogP contribution is 2.19. The van der Waals surface area contributed by atoms with Gasteiger partial charge < -0.3 is 4.74 Å². The van der Waals surface area contributed by atoms with Gasteiger partial charge in [-0.3, -0.25) is 9.59 Å². The van der Waals surface area contributed by atoms with Crippen molar-refractivity contribution >= 4 is 23.5 Å². The fourth-order valence-electron chi connectivity index (χ4n) is 1.66. The molecule has 0 atom stereocenters. The summed E-state index contributed by atoms with van der Waals surface area (Å²) in [6.45, 7) is 4.47. The van der Waals surface area contributed by atoms with Crippen molar-refractivity contribution in [3.05, 3.63) is 29.8 Å². The summed E-state index contributed by atoms with van der Waals surface area (Å²) >= 11 is 1.43.